The van der Waals surface area contributed by atoms with E-state index in [4.69, 9.17) is 10.5 Å². The Bertz CT molecular complexity index is 573. The minimum Gasteiger partial charge on any atom is -0.458 e. The molecule has 0 heterocycles. The molecule has 3 atom stereocenters. The third kappa shape index (κ3) is 2.05. The molecule has 2 N–H and O–H groups in total. The first-order valence-electron chi connectivity index (χ1n) is 7.82. The monoisotopic (exact) mass is 287 g/mol. The quantitative estimate of drug-likeness (QED) is 0.662. The molecule has 3 heteroatoms. The molecule has 1 aromatic carbocycles. The Morgan fingerprint density at radius 3 is 2.52 bits per heavy atom. The highest BCUT2D eigenvalue weighted by atomic mass is 16.5. The molecule has 0 saturated heterocycles. The molecule has 2 aliphatic carbocycles. The summed E-state index contributed by atoms with van der Waals surface area (Å²) in [6.45, 7) is 8.87. The molecule has 2 bridgehead atoms. The number of hydrogen-bond acceptors (Lipinski definition) is 3. The molecule has 3 unspecified atom stereocenters. The van der Waals surface area contributed by atoms with Gasteiger partial charge in [0.1, 0.15) is 6.10 Å². The number of benzene rings is 1. The number of aryl methyl sites for hydroxylation is 1. The van der Waals surface area contributed by atoms with Crippen LogP contribution in [0.3, 0.4) is 0 Å². The number of ether oxygens (including phenoxy) is 1. The fourth-order valence-electron chi connectivity index (χ4n) is 4.44. The predicted molar refractivity (Wildman–Crippen MR) is 84.0 cm³/mol. The van der Waals surface area contributed by atoms with Gasteiger partial charge in [-0.3, -0.25) is 0 Å². The molecule has 0 aliphatic heterocycles. The summed E-state index contributed by atoms with van der Waals surface area (Å²) in [5.41, 5.74) is 8.35. The van der Waals surface area contributed by atoms with Gasteiger partial charge in [0.05, 0.1) is 5.56 Å². The number of hydrogen-bond donors (Lipinski definition) is 1. The number of nitrogen functional groups attached to an aromatic ring is 1. The van der Waals surface area contributed by atoms with Gasteiger partial charge in [0.2, 0.25) is 0 Å². The van der Waals surface area contributed by atoms with Crippen LogP contribution in [0.25, 0.3) is 0 Å². The zero-order valence-corrected chi connectivity index (χ0v) is 13.4. The lowest BCUT2D eigenvalue weighted by molar-refractivity contribution is -0.0242. The van der Waals surface area contributed by atoms with Gasteiger partial charge in [0.25, 0.3) is 0 Å². The van der Waals surface area contributed by atoms with E-state index in [2.05, 4.69) is 20.8 Å². The summed E-state index contributed by atoms with van der Waals surface area (Å²) < 4.78 is 5.89. The van der Waals surface area contributed by atoms with Crippen molar-refractivity contribution in [2.75, 3.05) is 5.73 Å². The van der Waals surface area contributed by atoms with Crippen LogP contribution in [-0.2, 0) is 4.74 Å². The van der Waals surface area contributed by atoms with E-state index in [0.29, 0.717) is 17.2 Å². The van der Waals surface area contributed by atoms with Gasteiger partial charge in [-0.05, 0) is 61.3 Å². The highest BCUT2D eigenvalue weighted by Gasteiger charge is 2.62. The summed E-state index contributed by atoms with van der Waals surface area (Å²) >= 11 is 0. The van der Waals surface area contributed by atoms with Crippen molar-refractivity contribution in [1.82, 2.24) is 0 Å². The summed E-state index contributed by atoms with van der Waals surface area (Å²) in [6, 6.07) is 5.41. The lowest BCUT2D eigenvalue weighted by atomic mass is 9.70. The number of rotatable bonds is 2. The van der Waals surface area contributed by atoms with Crippen LogP contribution in [0.2, 0.25) is 0 Å². The highest BCUT2D eigenvalue weighted by molar-refractivity contribution is 5.90. The lowest BCUT2D eigenvalue weighted by Gasteiger charge is -2.38. The maximum absolute atomic E-state index is 12.5. The molecule has 2 aliphatic rings. The summed E-state index contributed by atoms with van der Waals surface area (Å²) in [5.74, 6) is 0.433. The van der Waals surface area contributed by atoms with Crippen LogP contribution in [0.4, 0.5) is 5.69 Å². The molecular weight excluding hydrogens is 262 g/mol. The SMILES string of the molecule is Cc1cc(N)cc(C(=O)OC2CC3CCC2(C)C3(C)C)c1. The van der Waals surface area contributed by atoms with Crippen molar-refractivity contribution in [3.05, 3.63) is 29.3 Å². The summed E-state index contributed by atoms with van der Waals surface area (Å²) in [5, 5.41) is 0. The second-order valence-electron chi connectivity index (χ2n) is 7.64. The largest absolute Gasteiger partial charge is 0.458 e. The van der Waals surface area contributed by atoms with Crippen LogP contribution in [0.15, 0.2) is 18.2 Å². The van der Waals surface area contributed by atoms with Crippen molar-refractivity contribution >= 4 is 11.7 Å². The second kappa shape index (κ2) is 4.49. The van der Waals surface area contributed by atoms with Gasteiger partial charge in [-0.25, -0.2) is 4.79 Å². The summed E-state index contributed by atoms with van der Waals surface area (Å²) in [6.07, 6.45) is 3.44. The Kier molecular flexibility index (Phi) is 3.09. The molecular formula is C18H25NO2. The first-order valence-corrected chi connectivity index (χ1v) is 7.82. The fraction of sp³-hybridized carbons (Fsp3) is 0.611. The molecule has 21 heavy (non-hydrogen) atoms. The van der Waals surface area contributed by atoms with Gasteiger partial charge in [0.15, 0.2) is 0 Å². The second-order valence-corrected chi connectivity index (χ2v) is 7.64. The van der Waals surface area contributed by atoms with Gasteiger partial charge in [-0.2, -0.15) is 0 Å². The Balaban J connectivity index is 1.80. The summed E-state index contributed by atoms with van der Waals surface area (Å²) in [4.78, 5) is 12.5. The van der Waals surface area contributed by atoms with Crippen LogP contribution < -0.4 is 5.73 Å². The molecule has 0 radical (unpaired) electrons. The normalized spacial score (nSPS) is 33.1. The molecule has 0 amide bonds. The maximum atomic E-state index is 12.5. The average molecular weight is 287 g/mol. The molecule has 0 spiro atoms. The third-order valence-corrected chi connectivity index (χ3v) is 6.30. The first kappa shape index (κ1) is 14.4. The fourth-order valence-corrected chi connectivity index (χ4v) is 4.44. The average Bonchev–Trinajstić information content (AvgIpc) is 2.70. The van der Waals surface area contributed by atoms with E-state index < -0.39 is 0 Å². The van der Waals surface area contributed by atoms with Crippen LogP contribution >= 0.6 is 0 Å². The Morgan fingerprint density at radius 1 is 1.29 bits per heavy atom. The Morgan fingerprint density at radius 2 is 2.00 bits per heavy atom. The van der Waals surface area contributed by atoms with Gasteiger partial charge in [0, 0.05) is 11.1 Å². The number of nitrogens with two attached hydrogens (primary N) is 1. The van der Waals surface area contributed by atoms with E-state index in [1.165, 1.54) is 6.42 Å². The van der Waals surface area contributed by atoms with Gasteiger partial charge in [-0.1, -0.05) is 20.8 Å². The van der Waals surface area contributed by atoms with Crippen LogP contribution in [-0.4, -0.2) is 12.1 Å². The molecule has 0 aromatic heterocycles. The molecule has 114 valence electrons. The van der Waals surface area contributed by atoms with Crippen LogP contribution in [0, 0.1) is 23.7 Å². The maximum Gasteiger partial charge on any atom is 0.338 e. The number of anilines is 1. The molecule has 3 rings (SSSR count). The van der Waals surface area contributed by atoms with E-state index in [1.807, 2.05) is 19.1 Å². The number of esters is 1. The topological polar surface area (TPSA) is 52.3 Å². The molecule has 1 aromatic rings. The van der Waals surface area contributed by atoms with E-state index in [9.17, 15) is 4.79 Å². The molecule has 2 fully saturated rings. The van der Waals surface area contributed by atoms with Gasteiger partial charge >= 0.3 is 5.97 Å². The summed E-state index contributed by atoms with van der Waals surface area (Å²) in [7, 11) is 0. The van der Waals surface area contributed by atoms with Crippen molar-refractivity contribution in [2.45, 2.75) is 53.1 Å². The van der Waals surface area contributed by atoms with Crippen LogP contribution in [0.1, 0.15) is 56.0 Å². The highest BCUT2D eigenvalue weighted by Crippen LogP contribution is 2.66. The Hall–Kier alpha value is -1.51. The van der Waals surface area contributed by atoms with Crippen molar-refractivity contribution in [3.8, 4) is 0 Å². The number of fused-ring (bicyclic) bond motifs is 2. The predicted octanol–water partition coefficient (Wildman–Crippen LogP) is 3.95. The van der Waals surface area contributed by atoms with Crippen molar-refractivity contribution in [3.63, 3.8) is 0 Å². The minimum absolute atomic E-state index is 0.0282. The number of carbonyl (C=O) groups excluding carboxylic acids is 1. The zero-order chi connectivity index (χ0) is 15.4. The van der Waals surface area contributed by atoms with Crippen molar-refractivity contribution < 1.29 is 9.53 Å². The van der Waals surface area contributed by atoms with E-state index in [0.717, 1.165) is 18.4 Å². The van der Waals surface area contributed by atoms with Crippen molar-refractivity contribution in [1.29, 1.82) is 0 Å². The van der Waals surface area contributed by atoms with Crippen LogP contribution in [0.5, 0.6) is 0 Å². The molecule has 3 nitrogen and oxygen atoms in total. The Labute approximate surface area is 126 Å². The van der Waals surface area contributed by atoms with Gasteiger partial charge in [-0.15, -0.1) is 0 Å². The van der Waals surface area contributed by atoms with Crippen molar-refractivity contribution in [2.24, 2.45) is 16.7 Å². The zero-order valence-electron chi connectivity index (χ0n) is 13.4. The third-order valence-electron chi connectivity index (χ3n) is 6.30. The minimum atomic E-state index is -0.236. The van der Waals surface area contributed by atoms with E-state index in [-0.39, 0.29) is 22.9 Å². The van der Waals surface area contributed by atoms with Gasteiger partial charge < -0.3 is 10.5 Å². The standard InChI is InChI=1S/C18H25NO2/c1-11-7-12(9-14(19)8-11)16(20)21-15-10-13-5-6-18(15,4)17(13,2)3/h7-9,13,15H,5-6,10,19H2,1-4H3. The smallest absolute Gasteiger partial charge is 0.338 e. The number of carbonyl (C=O) groups is 1. The van der Waals surface area contributed by atoms with E-state index in [1.54, 1.807) is 6.07 Å². The van der Waals surface area contributed by atoms with E-state index >= 15 is 0 Å². The first-order chi connectivity index (χ1) is 9.74. The molecule has 2 saturated carbocycles. The lowest BCUT2D eigenvalue weighted by Crippen LogP contribution is -2.38.